The van der Waals surface area contributed by atoms with Gasteiger partial charge in [0.25, 0.3) is 0 Å². The van der Waals surface area contributed by atoms with Crippen molar-refractivity contribution in [2.45, 2.75) is 12.0 Å². The smallest absolute Gasteiger partial charge is 0.392 e. The summed E-state index contributed by atoms with van der Waals surface area (Å²) in [5, 5.41) is 11.3. The number of nitro groups is 1. The molecule has 0 spiro atoms. The SMILES string of the molecule is COC(=O)C1([N+](=O)[O-])CC(c2ccccc2)=CC=C1F. The molecule has 0 heterocycles. The van der Waals surface area contributed by atoms with E-state index in [4.69, 9.17) is 0 Å². The minimum Gasteiger partial charge on any atom is -0.463 e. The van der Waals surface area contributed by atoms with Crippen LogP contribution >= 0.6 is 0 Å². The highest BCUT2D eigenvalue weighted by atomic mass is 19.1. The number of esters is 1. The topological polar surface area (TPSA) is 69.4 Å². The van der Waals surface area contributed by atoms with Crippen LogP contribution in [0.2, 0.25) is 0 Å². The Morgan fingerprint density at radius 3 is 2.55 bits per heavy atom. The van der Waals surface area contributed by atoms with E-state index in [1.54, 1.807) is 30.3 Å². The molecule has 0 aromatic heterocycles. The van der Waals surface area contributed by atoms with Gasteiger partial charge in [-0.05, 0) is 17.2 Å². The van der Waals surface area contributed by atoms with Gasteiger partial charge in [0.15, 0.2) is 5.83 Å². The van der Waals surface area contributed by atoms with Gasteiger partial charge >= 0.3 is 11.5 Å². The molecule has 0 fully saturated rings. The van der Waals surface area contributed by atoms with Gasteiger partial charge in [-0.2, -0.15) is 0 Å². The van der Waals surface area contributed by atoms with E-state index in [9.17, 15) is 19.3 Å². The van der Waals surface area contributed by atoms with Gasteiger partial charge in [-0.3, -0.25) is 10.1 Å². The average Bonchev–Trinajstić information content (AvgIpc) is 2.47. The minimum atomic E-state index is -2.49. The number of carbonyl (C=O) groups is 1. The van der Waals surface area contributed by atoms with E-state index < -0.39 is 22.3 Å². The van der Waals surface area contributed by atoms with Crippen molar-refractivity contribution in [1.82, 2.24) is 0 Å². The maximum absolute atomic E-state index is 14.0. The van der Waals surface area contributed by atoms with E-state index in [0.29, 0.717) is 11.1 Å². The number of hydrogen-bond acceptors (Lipinski definition) is 4. The van der Waals surface area contributed by atoms with Crippen LogP contribution in [0.25, 0.3) is 5.57 Å². The highest BCUT2D eigenvalue weighted by molar-refractivity contribution is 5.87. The number of methoxy groups -OCH3 is 1. The van der Waals surface area contributed by atoms with Crippen LogP contribution in [0.1, 0.15) is 12.0 Å². The van der Waals surface area contributed by atoms with Crippen LogP contribution < -0.4 is 0 Å². The van der Waals surface area contributed by atoms with Crippen molar-refractivity contribution in [3.05, 3.63) is 64.0 Å². The van der Waals surface area contributed by atoms with Crippen molar-refractivity contribution in [2.24, 2.45) is 0 Å². The van der Waals surface area contributed by atoms with E-state index in [-0.39, 0.29) is 6.42 Å². The summed E-state index contributed by atoms with van der Waals surface area (Å²) in [6, 6.07) is 8.80. The highest BCUT2D eigenvalue weighted by Gasteiger charge is 2.58. The lowest BCUT2D eigenvalue weighted by atomic mass is 9.83. The summed E-state index contributed by atoms with van der Waals surface area (Å²) in [6.45, 7) is 0. The molecule has 0 saturated heterocycles. The van der Waals surface area contributed by atoms with Crippen LogP contribution in [0.15, 0.2) is 48.3 Å². The molecule has 0 N–H and O–H groups in total. The number of carbonyl (C=O) groups excluding carboxylic acids is 1. The highest BCUT2D eigenvalue weighted by Crippen LogP contribution is 2.38. The molecule has 0 aliphatic heterocycles. The fourth-order valence-corrected chi connectivity index (χ4v) is 2.15. The average molecular weight is 277 g/mol. The number of hydrogen-bond donors (Lipinski definition) is 0. The molecule has 20 heavy (non-hydrogen) atoms. The minimum absolute atomic E-state index is 0.376. The predicted octanol–water partition coefficient (Wildman–Crippen LogP) is 2.52. The molecular weight excluding hydrogens is 265 g/mol. The number of nitrogens with zero attached hydrogens (tertiary/aromatic N) is 1. The summed E-state index contributed by atoms with van der Waals surface area (Å²) < 4.78 is 18.4. The summed E-state index contributed by atoms with van der Waals surface area (Å²) >= 11 is 0. The zero-order valence-electron chi connectivity index (χ0n) is 10.7. The Morgan fingerprint density at radius 2 is 2.00 bits per heavy atom. The van der Waals surface area contributed by atoms with Gasteiger partial charge in [0.1, 0.15) is 0 Å². The second kappa shape index (κ2) is 5.24. The molecule has 1 aliphatic rings. The molecule has 1 aromatic carbocycles. The predicted molar refractivity (Wildman–Crippen MR) is 70.0 cm³/mol. The van der Waals surface area contributed by atoms with Crippen molar-refractivity contribution in [2.75, 3.05) is 7.11 Å². The Hall–Kier alpha value is -2.50. The number of ether oxygens (including phenoxy) is 1. The number of allylic oxidation sites excluding steroid dienone is 2. The first-order chi connectivity index (χ1) is 9.52. The van der Waals surface area contributed by atoms with Crippen LogP contribution in [0.5, 0.6) is 0 Å². The van der Waals surface area contributed by atoms with Crippen LogP contribution in [-0.2, 0) is 9.53 Å². The summed E-state index contributed by atoms with van der Waals surface area (Å²) in [4.78, 5) is 22.1. The van der Waals surface area contributed by atoms with E-state index in [1.165, 1.54) is 6.08 Å². The first kappa shape index (κ1) is 13.9. The van der Waals surface area contributed by atoms with Crippen molar-refractivity contribution in [3.8, 4) is 0 Å². The maximum atomic E-state index is 14.0. The Kier molecular flexibility index (Phi) is 3.65. The zero-order chi connectivity index (χ0) is 14.8. The number of halogens is 1. The van der Waals surface area contributed by atoms with E-state index in [0.717, 1.165) is 13.2 Å². The lowest BCUT2D eigenvalue weighted by Gasteiger charge is -2.24. The molecule has 104 valence electrons. The van der Waals surface area contributed by atoms with E-state index in [2.05, 4.69) is 4.74 Å². The summed E-state index contributed by atoms with van der Waals surface area (Å²) in [5.74, 6) is -2.33. The standard InChI is InChI=1S/C14H12FNO4/c1-20-13(17)14(16(18)19)9-11(7-8-12(14)15)10-5-3-2-4-6-10/h2-8H,9H2,1H3. The molecule has 1 aromatic rings. The largest absolute Gasteiger partial charge is 0.463 e. The molecule has 1 atom stereocenters. The van der Waals surface area contributed by atoms with Crippen molar-refractivity contribution >= 4 is 11.5 Å². The van der Waals surface area contributed by atoms with Crippen molar-refractivity contribution in [3.63, 3.8) is 0 Å². The van der Waals surface area contributed by atoms with Crippen molar-refractivity contribution in [1.29, 1.82) is 0 Å². The Morgan fingerprint density at radius 1 is 1.35 bits per heavy atom. The Labute approximate surface area is 114 Å². The number of benzene rings is 1. The van der Waals surface area contributed by atoms with Crippen LogP contribution in [0, 0.1) is 10.1 Å². The maximum Gasteiger partial charge on any atom is 0.392 e. The lowest BCUT2D eigenvalue weighted by molar-refractivity contribution is -0.545. The van der Waals surface area contributed by atoms with Gasteiger partial charge in [-0.1, -0.05) is 36.4 Å². The zero-order valence-corrected chi connectivity index (χ0v) is 10.7. The molecule has 0 amide bonds. The van der Waals surface area contributed by atoms with E-state index in [1.807, 2.05) is 0 Å². The third kappa shape index (κ3) is 2.09. The van der Waals surface area contributed by atoms with E-state index >= 15 is 0 Å². The molecule has 5 nitrogen and oxygen atoms in total. The normalized spacial score (nSPS) is 21.7. The number of rotatable bonds is 3. The lowest BCUT2D eigenvalue weighted by Crippen LogP contribution is -2.49. The van der Waals surface area contributed by atoms with Crippen LogP contribution in [-0.4, -0.2) is 23.5 Å². The molecule has 2 rings (SSSR count). The fraction of sp³-hybridized carbons (Fsp3) is 0.214. The van der Waals surface area contributed by atoms with Crippen LogP contribution in [0.3, 0.4) is 0 Å². The first-order valence-electron chi connectivity index (χ1n) is 5.87. The van der Waals surface area contributed by atoms with Gasteiger partial charge in [-0.15, -0.1) is 0 Å². The third-order valence-electron chi connectivity index (χ3n) is 3.25. The van der Waals surface area contributed by atoms with Gasteiger partial charge in [0.2, 0.25) is 0 Å². The molecule has 0 bridgehead atoms. The third-order valence-corrected chi connectivity index (χ3v) is 3.25. The molecule has 6 heteroatoms. The molecule has 0 saturated carbocycles. The van der Waals surface area contributed by atoms with Crippen LogP contribution in [0.4, 0.5) is 4.39 Å². The fourth-order valence-electron chi connectivity index (χ4n) is 2.15. The second-order valence-corrected chi connectivity index (χ2v) is 4.36. The Bertz CT molecular complexity index is 609. The quantitative estimate of drug-likeness (QED) is 0.483. The molecule has 0 radical (unpaired) electrons. The monoisotopic (exact) mass is 277 g/mol. The van der Waals surface area contributed by atoms with Gasteiger partial charge in [-0.25, -0.2) is 9.18 Å². The van der Waals surface area contributed by atoms with Gasteiger partial charge in [0.05, 0.1) is 13.5 Å². The summed E-state index contributed by atoms with van der Waals surface area (Å²) in [5.41, 5.74) is -1.28. The van der Waals surface area contributed by atoms with Gasteiger partial charge < -0.3 is 4.74 Å². The molecule has 1 aliphatic carbocycles. The van der Waals surface area contributed by atoms with Gasteiger partial charge in [0, 0.05) is 4.92 Å². The van der Waals surface area contributed by atoms with Crippen molar-refractivity contribution < 1.29 is 18.8 Å². The summed E-state index contributed by atoms with van der Waals surface area (Å²) in [7, 11) is 1.00. The molecule has 1 unspecified atom stereocenters. The first-order valence-corrected chi connectivity index (χ1v) is 5.87. The second-order valence-electron chi connectivity index (χ2n) is 4.36. The Balaban J connectivity index is 2.49. The summed E-state index contributed by atoms with van der Waals surface area (Å²) in [6.07, 6.45) is 2.01. The molecular formula is C14H12FNO4.